The number of fused-ring (bicyclic) bond motifs is 9. The molecule has 0 aromatic heterocycles. The lowest BCUT2D eigenvalue weighted by Crippen LogP contribution is -2.36. The van der Waals surface area contributed by atoms with Crippen molar-refractivity contribution in [2.24, 2.45) is 59.2 Å². The average Bonchev–Trinajstić information content (AvgIpc) is 3.41. The van der Waals surface area contributed by atoms with Gasteiger partial charge in [-0.2, -0.15) is 0 Å². The van der Waals surface area contributed by atoms with E-state index in [-0.39, 0.29) is 0 Å². The summed E-state index contributed by atoms with van der Waals surface area (Å²) in [6, 6.07) is 0. The number of hydrogen-bond donors (Lipinski definition) is 0. The van der Waals surface area contributed by atoms with E-state index in [1.165, 1.54) is 19.3 Å². The van der Waals surface area contributed by atoms with Gasteiger partial charge in [0.2, 0.25) is 0 Å². The Balaban J connectivity index is 1.11. The van der Waals surface area contributed by atoms with Gasteiger partial charge in [0, 0.05) is 0 Å². The molecule has 0 amide bonds. The van der Waals surface area contributed by atoms with Crippen molar-refractivity contribution in [3.8, 4) is 0 Å². The zero-order chi connectivity index (χ0) is 15.7. The van der Waals surface area contributed by atoms with Crippen LogP contribution >= 0.6 is 0 Å². The van der Waals surface area contributed by atoms with Crippen LogP contribution in [-0.4, -0.2) is 0 Å². The third-order valence-electron chi connectivity index (χ3n) is 10.1. The Bertz CT molecular complexity index is 504. The molecule has 0 radical (unpaired) electrons. The molecule has 5 fully saturated rings. The van der Waals surface area contributed by atoms with Crippen LogP contribution in [0.25, 0.3) is 0 Å². The van der Waals surface area contributed by atoms with Crippen LogP contribution in [-0.2, 0) is 0 Å². The summed E-state index contributed by atoms with van der Waals surface area (Å²) < 4.78 is 0. The minimum Gasteiger partial charge on any atom is -0.0848 e. The van der Waals surface area contributed by atoms with Crippen molar-refractivity contribution in [1.29, 1.82) is 0 Å². The minimum absolute atomic E-state index is 1.01. The Morgan fingerprint density at radius 2 is 1.08 bits per heavy atom. The topological polar surface area (TPSA) is 0 Å². The summed E-state index contributed by atoms with van der Waals surface area (Å²) >= 11 is 0. The molecule has 7 unspecified atom stereocenters. The Morgan fingerprint density at radius 3 is 1.88 bits per heavy atom. The van der Waals surface area contributed by atoms with Gasteiger partial charge in [-0.1, -0.05) is 44.3 Å². The maximum absolute atomic E-state index is 2.63. The zero-order valence-corrected chi connectivity index (χ0v) is 15.4. The molecule has 0 aromatic carbocycles. The predicted octanol–water partition coefficient (Wildman–Crippen LogP) is 6.47. The lowest BCUT2D eigenvalue weighted by Gasteiger charge is -2.43. The molecule has 5 saturated carbocycles. The normalized spacial score (nSPS) is 56.1. The van der Waals surface area contributed by atoms with Crippen LogP contribution in [0.15, 0.2) is 12.2 Å². The van der Waals surface area contributed by atoms with Gasteiger partial charge in [0.25, 0.3) is 0 Å². The van der Waals surface area contributed by atoms with Gasteiger partial charge in [-0.15, -0.1) is 0 Å². The van der Waals surface area contributed by atoms with E-state index in [2.05, 4.69) is 12.2 Å². The fourth-order valence-corrected chi connectivity index (χ4v) is 9.26. The first-order chi connectivity index (χ1) is 11.9. The highest BCUT2D eigenvalue weighted by molar-refractivity contribution is 5.21. The van der Waals surface area contributed by atoms with Crippen molar-refractivity contribution in [3.63, 3.8) is 0 Å². The summed E-state index contributed by atoms with van der Waals surface area (Å²) in [6.07, 6.45) is 24.2. The number of allylic oxidation sites excluding steroid dienone is 2. The molecule has 132 valence electrons. The average molecular weight is 325 g/mol. The molecule has 0 N–H and O–H groups in total. The van der Waals surface area contributed by atoms with Crippen LogP contribution in [0, 0.1) is 59.2 Å². The molecule has 0 spiro atoms. The molecule has 6 aliphatic rings. The molecule has 0 aromatic rings. The SMILES string of the molecule is C1=CC2CC1C1C3CC(C4CCC(C5CCCCC5)CC4)C(C3)C21. The van der Waals surface area contributed by atoms with Crippen molar-refractivity contribution in [3.05, 3.63) is 12.2 Å². The maximum Gasteiger partial charge on any atom is -0.0194 e. The molecular weight excluding hydrogens is 288 g/mol. The van der Waals surface area contributed by atoms with E-state index >= 15 is 0 Å². The largest absolute Gasteiger partial charge is 0.0848 e. The van der Waals surface area contributed by atoms with E-state index in [4.69, 9.17) is 0 Å². The highest BCUT2D eigenvalue weighted by Gasteiger charge is 2.61. The van der Waals surface area contributed by atoms with E-state index < -0.39 is 0 Å². The zero-order valence-electron chi connectivity index (χ0n) is 15.4. The lowest BCUT2D eigenvalue weighted by atomic mass is 9.62. The van der Waals surface area contributed by atoms with E-state index in [0.29, 0.717) is 0 Å². The van der Waals surface area contributed by atoms with Gasteiger partial charge in [0.05, 0.1) is 0 Å². The first-order valence-electron chi connectivity index (χ1n) is 11.6. The van der Waals surface area contributed by atoms with E-state index in [9.17, 15) is 0 Å². The second-order valence-electron chi connectivity index (χ2n) is 10.7. The fourth-order valence-electron chi connectivity index (χ4n) is 9.26. The van der Waals surface area contributed by atoms with Gasteiger partial charge in [-0.3, -0.25) is 0 Å². The summed E-state index contributed by atoms with van der Waals surface area (Å²) in [5.41, 5.74) is 0. The van der Waals surface area contributed by atoms with Gasteiger partial charge in [-0.05, 0) is 104 Å². The quantitative estimate of drug-likeness (QED) is 0.403. The molecule has 24 heavy (non-hydrogen) atoms. The number of rotatable bonds is 2. The van der Waals surface area contributed by atoms with Crippen LogP contribution in [0.5, 0.6) is 0 Å². The van der Waals surface area contributed by atoms with E-state index in [1.54, 1.807) is 57.8 Å². The Kier molecular flexibility index (Phi) is 3.48. The monoisotopic (exact) mass is 324 g/mol. The number of hydrogen-bond acceptors (Lipinski definition) is 0. The minimum atomic E-state index is 1.01. The van der Waals surface area contributed by atoms with Crippen LogP contribution in [0.2, 0.25) is 0 Å². The van der Waals surface area contributed by atoms with Crippen molar-refractivity contribution in [2.75, 3.05) is 0 Å². The van der Waals surface area contributed by atoms with E-state index in [0.717, 1.165) is 59.2 Å². The molecule has 0 saturated heterocycles. The van der Waals surface area contributed by atoms with Gasteiger partial charge in [-0.25, -0.2) is 0 Å². The van der Waals surface area contributed by atoms with Crippen molar-refractivity contribution in [2.45, 2.75) is 77.0 Å². The Morgan fingerprint density at radius 1 is 0.458 bits per heavy atom. The second-order valence-corrected chi connectivity index (χ2v) is 10.7. The van der Waals surface area contributed by atoms with Crippen molar-refractivity contribution < 1.29 is 0 Å². The highest BCUT2D eigenvalue weighted by atomic mass is 14.7. The fraction of sp³-hybridized carbons (Fsp3) is 0.917. The maximum atomic E-state index is 2.63. The van der Waals surface area contributed by atoms with Gasteiger partial charge < -0.3 is 0 Å². The molecule has 0 heterocycles. The Hall–Kier alpha value is -0.260. The Labute approximate surface area is 148 Å². The van der Waals surface area contributed by atoms with Crippen LogP contribution in [0.3, 0.4) is 0 Å². The molecule has 0 aliphatic heterocycles. The summed E-state index contributed by atoms with van der Waals surface area (Å²) in [5, 5.41) is 0. The summed E-state index contributed by atoms with van der Waals surface area (Å²) in [7, 11) is 0. The highest BCUT2D eigenvalue weighted by Crippen LogP contribution is 2.68. The molecule has 6 rings (SSSR count). The second kappa shape index (κ2) is 5.62. The predicted molar refractivity (Wildman–Crippen MR) is 99.4 cm³/mol. The molecule has 0 nitrogen and oxygen atoms in total. The van der Waals surface area contributed by atoms with Crippen molar-refractivity contribution >= 4 is 0 Å². The smallest absolute Gasteiger partial charge is 0.0194 e. The summed E-state index contributed by atoms with van der Waals surface area (Å²) in [4.78, 5) is 0. The van der Waals surface area contributed by atoms with Gasteiger partial charge >= 0.3 is 0 Å². The van der Waals surface area contributed by atoms with Gasteiger partial charge in [0.15, 0.2) is 0 Å². The molecule has 0 heteroatoms. The first kappa shape index (κ1) is 14.9. The van der Waals surface area contributed by atoms with Crippen LogP contribution in [0.1, 0.15) is 77.0 Å². The standard InChI is InChI=1S/C24H36/c1-2-4-15(5-3-1)16-6-8-17(9-7-16)21-13-20-14-22(21)24-19-11-10-18(12-19)23(20)24/h10-11,15-24H,1-9,12-14H2. The first-order valence-corrected chi connectivity index (χ1v) is 11.6. The molecule has 4 bridgehead atoms. The van der Waals surface area contributed by atoms with Crippen LogP contribution < -0.4 is 0 Å². The third-order valence-corrected chi connectivity index (χ3v) is 10.1. The molecular formula is C24H36. The lowest BCUT2D eigenvalue weighted by molar-refractivity contribution is 0.0695. The van der Waals surface area contributed by atoms with Crippen LogP contribution in [0.4, 0.5) is 0 Å². The van der Waals surface area contributed by atoms with Crippen molar-refractivity contribution in [1.82, 2.24) is 0 Å². The summed E-state index contributed by atoms with van der Waals surface area (Å²) in [6.45, 7) is 0. The molecule has 6 aliphatic carbocycles. The third kappa shape index (κ3) is 2.10. The summed E-state index contributed by atoms with van der Waals surface area (Å²) in [5.74, 6) is 11.1. The van der Waals surface area contributed by atoms with E-state index in [1.807, 2.05) is 0 Å². The van der Waals surface area contributed by atoms with Gasteiger partial charge in [0.1, 0.15) is 0 Å². The molecule has 7 atom stereocenters.